The third-order valence-corrected chi connectivity index (χ3v) is 7.54. The molecule has 1 N–H and O–H groups in total. The van der Waals surface area contributed by atoms with Gasteiger partial charge in [-0.15, -0.1) is 0 Å². The summed E-state index contributed by atoms with van der Waals surface area (Å²) in [5, 5.41) is 2.83. The van der Waals surface area contributed by atoms with Gasteiger partial charge < -0.3 is 14.8 Å². The molecule has 190 valence electrons. The number of carbonyl (C=O) groups is 1. The van der Waals surface area contributed by atoms with E-state index >= 15 is 0 Å². The Kier molecular flexibility index (Phi) is 8.15. The summed E-state index contributed by atoms with van der Waals surface area (Å²) in [4.78, 5) is 24.0. The fourth-order valence-electron chi connectivity index (χ4n) is 4.19. The average molecular weight is 517 g/mol. The maximum Gasteiger partial charge on any atom is 0.416 e. The highest BCUT2D eigenvalue weighted by molar-refractivity contribution is 7.91. The van der Waals surface area contributed by atoms with Crippen LogP contribution in [0.25, 0.3) is 0 Å². The number of halogens is 3. The van der Waals surface area contributed by atoms with Crippen molar-refractivity contribution in [2.45, 2.75) is 43.3 Å². The summed E-state index contributed by atoms with van der Waals surface area (Å²) < 4.78 is 50.4. The zero-order valence-electron chi connectivity index (χ0n) is 19.8. The first-order chi connectivity index (χ1) is 17.2. The molecule has 0 saturated carbocycles. The molecular weight excluding hydrogens is 489 g/mol. The van der Waals surface area contributed by atoms with Crippen LogP contribution < -0.4 is 10.2 Å². The van der Waals surface area contributed by atoms with E-state index in [1.54, 1.807) is 24.3 Å². The summed E-state index contributed by atoms with van der Waals surface area (Å²) in [5.41, 5.74) is 1.43. The van der Waals surface area contributed by atoms with Gasteiger partial charge in [-0.2, -0.15) is 13.2 Å². The number of hydrogen-bond donors (Lipinski definition) is 1. The Morgan fingerprint density at radius 3 is 2.39 bits per heavy atom. The van der Waals surface area contributed by atoms with E-state index in [-0.39, 0.29) is 11.8 Å². The molecule has 1 aliphatic rings. The predicted molar refractivity (Wildman–Crippen MR) is 132 cm³/mol. The lowest BCUT2D eigenvalue weighted by atomic mass is 9.90. The lowest BCUT2D eigenvalue weighted by Crippen LogP contribution is -2.35. The number of piperidine rings is 1. The standard InChI is InChI=1S/C26H27F3N4O2S/c1-2-36(35)23-11-5-18(6-12-23)14-30-24(34)21-15-31-25(32-16-21)33-13-3-4-20(17-33)19-7-9-22(10-8-19)26(27,28)29/h5-12,15-16,20H,2-4,13-14,17H2,1H3,(H,30,34). The molecule has 1 amide bonds. The smallest absolute Gasteiger partial charge is 0.416 e. The van der Waals surface area contributed by atoms with E-state index in [4.69, 9.17) is 0 Å². The molecular formula is C26H27F3N4O2S. The Balaban J connectivity index is 1.33. The number of hydrogen-bond acceptors (Lipinski definition) is 5. The first-order valence-corrected chi connectivity index (χ1v) is 13.1. The summed E-state index contributed by atoms with van der Waals surface area (Å²) in [6, 6.07) is 12.6. The number of aromatic nitrogens is 2. The van der Waals surface area contributed by atoms with Crippen LogP contribution in [0.3, 0.4) is 0 Å². The van der Waals surface area contributed by atoms with E-state index < -0.39 is 22.9 Å². The van der Waals surface area contributed by atoms with Crippen LogP contribution in [0.2, 0.25) is 0 Å². The van der Waals surface area contributed by atoms with Crippen molar-refractivity contribution in [1.82, 2.24) is 15.3 Å². The van der Waals surface area contributed by atoms with Crippen LogP contribution in [0.4, 0.5) is 19.1 Å². The second kappa shape index (κ2) is 11.3. The Bertz CT molecular complexity index is 1160. The molecule has 2 aromatic carbocycles. The summed E-state index contributed by atoms with van der Waals surface area (Å²) >= 11 is -1.01. The van der Waals surface area contributed by atoms with E-state index in [9.17, 15) is 22.5 Å². The molecule has 0 spiro atoms. The van der Waals surface area contributed by atoms with Gasteiger partial charge in [-0.1, -0.05) is 24.3 Å². The van der Waals surface area contributed by atoms with E-state index in [0.717, 1.165) is 47.5 Å². The number of alkyl halides is 3. The van der Waals surface area contributed by atoms with Gasteiger partial charge in [0.25, 0.3) is 5.91 Å². The molecule has 1 aliphatic heterocycles. The monoisotopic (exact) mass is 516 g/mol. The zero-order valence-corrected chi connectivity index (χ0v) is 20.6. The molecule has 2 heterocycles. The lowest BCUT2D eigenvalue weighted by molar-refractivity contribution is -0.137. The van der Waals surface area contributed by atoms with Crippen LogP contribution in [-0.2, 0) is 23.9 Å². The van der Waals surface area contributed by atoms with Gasteiger partial charge in [0.15, 0.2) is 4.90 Å². The molecule has 2 atom stereocenters. The molecule has 10 heteroatoms. The molecule has 4 rings (SSSR count). The van der Waals surface area contributed by atoms with Crippen molar-refractivity contribution in [1.29, 1.82) is 0 Å². The van der Waals surface area contributed by atoms with E-state index in [0.29, 0.717) is 30.4 Å². The topological polar surface area (TPSA) is 81.2 Å². The third kappa shape index (κ3) is 6.36. The van der Waals surface area contributed by atoms with Gasteiger partial charge in [0.05, 0.1) is 11.1 Å². The van der Waals surface area contributed by atoms with Gasteiger partial charge in [-0.25, -0.2) is 9.97 Å². The number of anilines is 1. The minimum absolute atomic E-state index is 0.0775. The van der Waals surface area contributed by atoms with Gasteiger partial charge in [0, 0.05) is 37.9 Å². The van der Waals surface area contributed by atoms with Gasteiger partial charge in [-0.05, 0) is 66.3 Å². The van der Waals surface area contributed by atoms with Crippen molar-refractivity contribution in [3.8, 4) is 0 Å². The van der Waals surface area contributed by atoms with Crippen LogP contribution >= 0.6 is 0 Å². The van der Waals surface area contributed by atoms with Crippen molar-refractivity contribution < 1.29 is 22.5 Å². The first-order valence-electron chi connectivity index (χ1n) is 11.7. The molecule has 36 heavy (non-hydrogen) atoms. The molecule has 1 aromatic heterocycles. The number of nitrogens with one attached hydrogen (secondary N) is 1. The number of benzene rings is 2. The average Bonchev–Trinajstić information content (AvgIpc) is 2.91. The van der Waals surface area contributed by atoms with Crippen LogP contribution in [0.15, 0.2) is 65.8 Å². The highest BCUT2D eigenvalue weighted by Gasteiger charge is 2.31. The van der Waals surface area contributed by atoms with Gasteiger partial charge >= 0.3 is 6.18 Å². The van der Waals surface area contributed by atoms with Crippen molar-refractivity contribution >= 4 is 23.0 Å². The highest BCUT2D eigenvalue weighted by atomic mass is 32.2. The number of nitrogens with zero attached hydrogens (tertiary/aromatic N) is 3. The third-order valence-electron chi connectivity index (χ3n) is 6.22. The fraction of sp³-hybridized carbons (Fsp3) is 0.346. The van der Waals surface area contributed by atoms with Crippen molar-refractivity contribution in [3.05, 3.63) is 83.2 Å². The predicted octanol–water partition coefficient (Wildman–Crippen LogP) is 4.94. The van der Waals surface area contributed by atoms with Gasteiger partial charge in [-0.3, -0.25) is 4.79 Å². The van der Waals surface area contributed by atoms with E-state index in [2.05, 4.69) is 15.3 Å². The minimum atomic E-state index is -4.35. The molecule has 1 saturated heterocycles. The summed E-state index contributed by atoms with van der Waals surface area (Å²) in [6.45, 7) is 3.51. The fourth-order valence-corrected chi connectivity index (χ4v) is 4.96. The van der Waals surface area contributed by atoms with Crippen LogP contribution in [0.1, 0.15) is 52.7 Å². The van der Waals surface area contributed by atoms with Crippen molar-refractivity contribution in [2.24, 2.45) is 0 Å². The number of rotatable bonds is 7. The zero-order chi connectivity index (χ0) is 25.7. The molecule has 0 aliphatic carbocycles. The molecule has 2 unspecified atom stereocenters. The molecule has 6 nitrogen and oxygen atoms in total. The Hall–Kier alpha value is -3.11. The molecule has 1 fully saturated rings. The van der Waals surface area contributed by atoms with Crippen LogP contribution in [0, 0.1) is 0 Å². The van der Waals surface area contributed by atoms with Crippen LogP contribution in [0.5, 0.6) is 0 Å². The largest absolute Gasteiger partial charge is 0.611 e. The molecule has 0 radical (unpaired) electrons. The SMILES string of the molecule is CC[S+]([O-])c1ccc(CNC(=O)c2cnc(N3CCCC(c4ccc(C(F)(F)F)cc4)C3)nc2)cc1. The Labute approximate surface area is 211 Å². The first kappa shape index (κ1) is 26.0. The van der Waals surface area contributed by atoms with E-state index in [1.165, 1.54) is 12.4 Å². The summed E-state index contributed by atoms with van der Waals surface area (Å²) in [7, 11) is 0. The second-order valence-electron chi connectivity index (χ2n) is 8.64. The quantitative estimate of drug-likeness (QED) is 0.450. The summed E-state index contributed by atoms with van der Waals surface area (Å²) in [6.07, 6.45) is 0.346. The Morgan fingerprint density at radius 2 is 1.78 bits per heavy atom. The molecule has 3 aromatic rings. The second-order valence-corrected chi connectivity index (χ2v) is 10.4. The van der Waals surface area contributed by atoms with Crippen molar-refractivity contribution in [2.75, 3.05) is 23.7 Å². The Morgan fingerprint density at radius 1 is 1.11 bits per heavy atom. The van der Waals surface area contributed by atoms with Gasteiger partial charge in [0.1, 0.15) is 5.75 Å². The minimum Gasteiger partial charge on any atom is -0.611 e. The van der Waals surface area contributed by atoms with Crippen molar-refractivity contribution in [3.63, 3.8) is 0 Å². The normalized spacial score (nSPS) is 17.0. The van der Waals surface area contributed by atoms with Gasteiger partial charge in [0.2, 0.25) is 5.95 Å². The highest BCUT2D eigenvalue weighted by Crippen LogP contribution is 2.33. The van der Waals surface area contributed by atoms with E-state index in [1.807, 2.05) is 24.0 Å². The molecule has 0 bridgehead atoms. The van der Waals surface area contributed by atoms with Crippen LogP contribution in [-0.4, -0.2) is 39.3 Å². The summed E-state index contributed by atoms with van der Waals surface area (Å²) in [5.74, 6) is 0.819. The maximum absolute atomic E-state index is 12.9. The number of carbonyl (C=O) groups excluding carboxylic acids is 1. The maximum atomic E-state index is 12.9. The number of amides is 1. The lowest BCUT2D eigenvalue weighted by Gasteiger charge is -2.33.